The summed E-state index contributed by atoms with van der Waals surface area (Å²) >= 11 is 1.09. The fraction of sp³-hybridized carbons (Fsp3) is 0.176. The third kappa shape index (κ3) is 3.16. The minimum atomic E-state index is -0.317. The molecule has 1 saturated heterocycles. The third-order valence-electron chi connectivity index (χ3n) is 3.62. The van der Waals surface area contributed by atoms with Gasteiger partial charge in [0.2, 0.25) is 5.91 Å². The van der Waals surface area contributed by atoms with Crippen molar-refractivity contribution >= 4 is 22.9 Å². The predicted octanol–water partition coefficient (Wildman–Crippen LogP) is 3.56. The summed E-state index contributed by atoms with van der Waals surface area (Å²) in [6.07, 6.45) is 0.621. The Bertz CT molecular complexity index is 603. The number of rotatable bonds is 4. The Labute approximate surface area is 127 Å². The number of thioether (sulfide) groups is 1. The summed E-state index contributed by atoms with van der Waals surface area (Å²) in [5.74, 6) is -0.0663. The van der Waals surface area contributed by atoms with Crippen LogP contribution in [0.15, 0.2) is 60.7 Å². The lowest BCUT2D eigenvalue weighted by atomic mass is 9.87. The monoisotopic (exact) mass is 297 g/mol. The van der Waals surface area contributed by atoms with Gasteiger partial charge in [-0.2, -0.15) is 0 Å². The first-order chi connectivity index (χ1) is 10.2. The second-order valence-electron chi connectivity index (χ2n) is 4.99. The van der Waals surface area contributed by atoms with Gasteiger partial charge in [-0.25, -0.2) is 0 Å². The summed E-state index contributed by atoms with van der Waals surface area (Å²) in [6, 6.07) is 20.2. The molecule has 1 unspecified atom stereocenters. The van der Waals surface area contributed by atoms with E-state index in [9.17, 15) is 9.59 Å². The smallest absolute Gasteiger partial charge is 0.286 e. The Morgan fingerprint density at radius 2 is 1.43 bits per heavy atom. The molecule has 1 aliphatic rings. The normalized spacial score (nSPS) is 18.0. The van der Waals surface area contributed by atoms with Gasteiger partial charge in [0.25, 0.3) is 5.24 Å². The first-order valence-corrected chi connectivity index (χ1v) is 7.73. The fourth-order valence-corrected chi connectivity index (χ4v) is 3.47. The minimum Gasteiger partial charge on any atom is -0.286 e. The van der Waals surface area contributed by atoms with Gasteiger partial charge in [0.15, 0.2) is 0 Å². The summed E-state index contributed by atoms with van der Waals surface area (Å²) < 4.78 is 0. The molecule has 2 aromatic rings. The molecule has 0 radical (unpaired) electrons. The van der Waals surface area contributed by atoms with E-state index in [0.717, 1.165) is 22.9 Å². The summed E-state index contributed by atoms with van der Waals surface area (Å²) in [5, 5.41) is 1.80. The van der Waals surface area contributed by atoms with Crippen molar-refractivity contribution in [2.24, 2.45) is 0 Å². The van der Waals surface area contributed by atoms with E-state index in [0.29, 0.717) is 6.42 Å². The van der Waals surface area contributed by atoms with E-state index in [4.69, 9.17) is 0 Å². The molecule has 1 aliphatic heterocycles. The van der Waals surface area contributed by atoms with Crippen molar-refractivity contribution in [2.45, 2.75) is 17.6 Å². The van der Waals surface area contributed by atoms with Crippen molar-refractivity contribution in [1.82, 2.24) is 5.32 Å². The molecule has 0 bridgehead atoms. The molecule has 3 nitrogen and oxygen atoms in total. The van der Waals surface area contributed by atoms with Crippen molar-refractivity contribution < 1.29 is 9.59 Å². The first-order valence-electron chi connectivity index (χ1n) is 6.85. The van der Waals surface area contributed by atoms with Gasteiger partial charge < -0.3 is 0 Å². The average molecular weight is 297 g/mol. The third-order valence-corrected chi connectivity index (χ3v) is 4.63. The molecule has 0 spiro atoms. The number of imide groups is 1. The van der Waals surface area contributed by atoms with Gasteiger partial charge >= 0.3 is 0 Å². The van der Waals surface area contributed by atoms with Crippen molar-refractivity contribution in [3.8, 4) is 0 Å². The van der Waals surface area contributed by atoms with Crippen LogP contribution in [-0.4, -0.2) is 16.4 Å². The highest BCUT2D eigenvalue weighted by molar-refractivity contribution is 8.15. The van der Waals surface area contributed by atoms with Gasteiger partial charge in [0, 0.05) is 5.92 Å². The zero-order chi connectivity index (χ0) is 14.7. The van der Waals surface area contributed by atoms with Gasteiger partial charge in [0.1, 0.15) is 0 Å². The molecule has 1 atom stereocenters. The lowest BCUT2D eigenvalue weighted by Gasteiger charge is -2.19. The highest BCUT2D eigenvalue weighted by Crippen LogP contribution is 2.34. The van der Waals surface area contributed by atoms with E-state index < -0.39 is 0 Å². The Balaban J connectivity index is 1.90. The molecule has 3 rings (SSSR count). The maximum atomic E-state index is 11.8. The maximum absolute atomic E-state index is 11.8. The van der Waals surface area contributed by atoms with Crippen molar-refractivity contribution in [2.75, 3.05) is 0 Å². The molecule has 1 heterocycles. The zero-order valence-corrected chi connectivity index (χ0v) is 12.2. The Morgan fingerprint density at radius 3 is 1.86 bits per heavy atom. The number of benzene rings is 2. The topological polar surface area (TPSA) is 46.2 Å². The Hall–Kier alpha value is -2.07. The van der Waals surface area contributed by atoms with Crippen LogP contribution in [0.1, 0.15) is 23.5 Å². The van der Waals surface area contributed by atoms with E-state index in [1.54, 1.807) is 0 Å². The molecule has 2 amide bonds. The van der Waals surface area contributed by atoms with E-state index in [1.807, 2.05) is 36.4 Å². The van der Waals surface area contributed by atoms with Gasteiger partial charge in [-0.05, 0) is 17.5 Å². The summed E-state index contributed by atoms with van der Waals surface area (Å²) in [4.78, 5) is 23.2. The van der Waals surface area contributed by atoms with Crippen LogP contribution in [0.5, 0.6) is 0 Å². The van der Waals surface area contributed by atoms with Crippen LogP contribution in [0.25, 0.3) is 0 Å². The van der Waals surface area contributed by atoms with E-state index >= 15 is 0 Å². The number of nitrogens with one attached hydrogen (secondary N) is 1. The molecule has 106 valence electrons. The van der Waals surface area contributed by atoms with Crippen LogP contribution in [-0.2, 0) is 4.79 Å². The van der Waals surface area contributed by atoms with Gasteiger partial charge in [0.05, 0.1) is 5.25 Å². The second kappa shape index (κ2) is 6.14. The van der Waals surface area contributed by atoms with Gasteiger partial charge in [-0.1, -0.05) is 72.4 Å². The average Bonchev–Trinajstić information content (AvgIpc) is 2.84. The maximum Gasteiger partial charge on any atom is 0.286 e. The van der Waals surface area contributed by atoms with Crippen molar-refractivity contribution in [3.05, 3.63) is 71.8 Å². The molecule has 2 aromatic carbocycles. The predicted molar refractivity (Wildman–Crippen MR) is 84.3 cm³/mol. The molecule has 0 aliphatic carbocycles. The van der Waals surface area contributed by atoms with Gasteiger partial charge in [-0.3, -0.25) is 14.9 Å². The fourth-order valence-electron chi connectivity index (χ4n) is 2.60. The van der Waals surface area contributed by atoms with E-state index in [1.165, 1.54) is 0 Å². The number of amides is 2. The summed E-state index contributed by atoms with van der Waals surface area (Å²) in [5.41, 5.74) is 2.33. The zero-order valence-electron chi connectivity index (χ0n) is 11.4. The van der Waals surface area contributed by atoms with Gasteiger partial charge in [-0.15, -0.1) is 0 Å². The first kappa shape index (κ1) is 13.9. The molecule has 1 fully saturated rings. The highest BCUT2D eigenvalue weighted by Gasteiger charge is 2.34. The SMILES string of the molecule is O=C1NC(=O)C(CC(c2ccccc2)c2ccccc2)S1. The Kier molecular flexibility index (Phi) is 4.06. The number of carbonyl (C=O) groups is 2. The molecule has 0 saturated carbocycles. The van der Waals surface area contributed by atoms with Crippen molar-refractivity contribution in [3.63, 3.8) is 0 Å². The van der Waals surface area contributed by atoms with Crippen molar-refractivity contribution in [1.29, 1.82) is 0 Å². The second-order valence-corrected chi connectivity index (χ2v) is 6.17. The largest absolute Gasteiger partial charge is 0.286 e. The number of carbonyl (C=O) groups excluding carboxylic acids is 2. The minimum absolute atomic E-state index is 0.113. The Morgan fingerprint density at radius 1 is 0.905 bits per heavy atom. The standard InChI is InChI=1S/C17H15NO2S/c19-16-15(21-17(20)18-16)11-14(12-7-3-1-4-8-12)13-9-5-2-6-10-13/h1-10,14-15H,11H2,(H,18,19,20). The van der Waals surface area contributed by atoms with E-state index in [2.05, 4.69) is 29.6 Å². The highest BCUT2D eigenvalue weighted by atomic mass is 32.2. The number of hydrogen-bond donors (Lipinski definition) is 1. The number of hydrogen-bond acceptors (Lipinski definition) is 3. The molecule has 1 N–H and O–H groups in total. The lowest BCUT2D eigenvalue weighted by Crippen LogP contribution is -2.25. The quantitative estimate of drug-likeness (QED) is 0.938. The lowest BCUT2D eigenvalue weighted by molar-refractivity contribution is -0.119. The van der Waals surface area contributed by atoms with Crippen LogP contribution in [0, 0.1) is 0 Å². The van der Waals surface area contributed by atoms with Crippen LogP contribution >= 0.6 is 11.8 Å². The molecule has 0 aromatic heterocycles. The van der Waals surface area contributed by atoms with E-state index in [-0.39, 0.29) is 22.3 Å². The summed E-state index contributed by atoms with van der Waals surface area (Å²) in [7, 11) is 0. The summed E-state index contributed by atoms with van der Waals surface area (Å²) in [6.45, 7) is 0. The van der Waals surface area contributed by atoms with Crippen LogP contribution in [0.4, 0.5) is 4.79 Å². The molecule has 4 heteroatoms. The van der Waals surface area contributed by atoms with Crippen LogP contribution in [0.2, 0.25) is 0 Å². The molecular weight excluding hydrogens is 282 g/mol. The molecule has 21 heavy (non-hydrogen) atoms. The molecular formula is C17H15NO2S. The van der Waals surface area contributed by atoms with Crippen LogP contribution in [0.3, 0.4) is 0 Å². The van der Waals surface area contributed by atoms with Crippen LogP contribution < -0.4 is 5.32 Å².